The number of anilines is 1. The summed E-state index contributed by atoms with van der Waals surface area (Å²) >= 11 is 0. The lowest BCUT2D eigenvalue weighted by Gasteiger charge is -2.21. The van der Waals surface area contributed by atoms with Crippen LogP contribution in [0.4, 0.5) is 5.69 Å². The monoisotopic (exact) mass is 546 g/mol. The van der Waals surface area contributed by atoms with Gasteiger partial charge in [-0.3, -0.25) is 4.99 Å². The number of aromatic nitrogens is 1. The Balaban J connectivity index is 1.27. The van der Waals surface area contributed by atoms with Crippen LogP contribution < -0.4 is 37.7 Å². The molecule has 0 radical (unpaired) electrons. The van der Waals surface area contributed by atoms with E-state index in [-0.39, 0.29) is 11.2 Å². The van der Waals surface area contributed by atoms with Crippen molar-refractivity contribution in [2.24, 2.45) is 21.5 Å². The number of fused-ring (bicyclic) bond motifs is 1. The molecular formula is C28H34N8O2S. The van der Waals surface area contributed by atoms with Gasteiger partial charge < -0.3 is 32.0 Å². The average Bonchev–Trinajstić information content (AvgIpc) is 3.61. The minimum absolute atomic E-state index is 0.121. The zero-order valence-corrected chi connectivity index (χ0v) is 22.5. The van der Waals surface area contributed by atoms with Crippen molar-refractivity contribution in [1.82, 2.24) is 15.6 Å². The van der Waals surface area contributed by atoms with Crippen molar-refractivity contribution in [1.29, 1.82) is 0 Å². The first-order chi connectivity index (χ1) is 18.8. The molecule has 1 fully saturated rings. The fourth-order valence-electron chi connectivity index (χ4n) is 4.76. The summed E-state index contributed by atoms with van der Waals surface area (Å²) in [6.45, 7) is 7.57. The lowest BCUT2D eigenvalue weighted by atomic mass is 10.1. The molecular weight excluding hydrogens is 512 g/mol. The van der Waals surface area contributed by atoms with Crippen LogP contribution >= 0.6 is 0 Å². The molecule has 0 bridgehead atoms. The van der Waals surface area contributed by atoms with Gasteiger partial charge in [-0.2, -0.15) is 0 Å². The van der Waals surface area contributed by atoms with Gasteiger partial charge in [-0.25, -0.2) is 13.4 Å². The molecule has 0 aliphatic carbocycles. The molecule has 0 spiro atoms. The lowest BCUT2D eigenvalue weighted by molar-refractivity contribution is 0.583. The van der Waals surface area contributed by atoms with Crippen LogP contribution in [0.25, 0.3) is 17.5 Å². The number of nitrogens with zero attached hydrogens (tertiary/aromatic N) is 3. The first-order valence-corrected chi connectivity index (χ1v) is 14.5. The average molecular weight is 547 g/mol. The summed E-state index contributed by atoms with van der Waals surface area (Å²) in [4.78, 5) is 14.3. The number of aromatic amines is 1. The van der Waals surface area contributed by atoms with E-state index in [1.807, 2.05) is 41.4 Å². The molecule has 0 saturated carbocycles. The Kier molecular flexibility index (Phi) is 7.82. The van der Waals surface area contributed by atoms with E-state index in [1.165, 1.54) is 5.56 Å². The van der Waals surface area contributed by atoms with Gasteiger partial charge in [-0.1, -0.05) is 30.8 Å². The van der Waals surface area contributed by atoms with Crippen LogP contribution in [0.15, 0.2) is 81.9 Å². The van der Waals surface area contributed by atoms with Crippen molar-refractivity contribution in [3.8, 4) is 11.3 Å². The maximum atomic E-state index is 12.9. The van der Waals surface area contributed by atoms with Gasteiger partial charge in [-0.15, -0.1) is 0 Å². The van der Waals surface area contributed by atoms with E-state index in [2.05, 4.69) is 44.3 Å². The summed E-state index contributed by atoms with van der Waals surface area (Å²) in [6.07, 6.45) is 3.52. The Morgan fingerprint density at radius 1 is 1.15 bits per heavy atom. The Labute approximate surface area is 228 Å². The highest BCUT2D eigenvalue weighted by molar-refractivity contribution is 7.92. The molecule has 1 atom stereocenters. The predicted molar refractivity (Wildman–Crippen MR) is 155 cm³/mol. The number of H-pyrrole nitrogens is 1. The summed E-state index contributed by atoms with van der Waals surface area (Å²) in [5.74, 6) is 0.726. The van der Waals surface area contributed by atoms with Crippen LogP contribution in [0.2, 0.25) is 0 Å². The van der Waals surface area contributed by atoms with Crippen LogP contribution in [0.3, 0.4) is 0 Å². The summed E-state index contributed by atoms with van der Waals surface area (Å²) < 4.78 is 25.8. The van der Waals surface area contributed by atoms with E-state index in [0.29, 0.717) is 30.2 Å². The summed E-state index contributed by atoms with van der Waals surface area (Å²) in [5.41, 5.74) is 15.3. The number of nitrogens with two attached hydrogens (primary N) is 2. The second-order valence-corrected chi connectivity index (χ2v) is 11.9. The first-order valence-electron chi connectivity index (χ1n) is 13.0. The van der Waals surface area contributed by atoms with Gasteiger partial charge in [0.2, 0.25) is 0 Å². The third kappa shape index (κ3) is 6.06. The highest BCUT2D eigenvalue weighted by Gasteiger charge is 2.30. The number of guanidine groups is 1. The number of benzene rings is 2. The summed E-state index contributed by atoms with van der Waals surface area (Å²) in [5, 5.41) is 7.09. The van der Waals surface area contributed by atoms with Crippen molar-refractivity contribution in [3.63, 3.8) is 0 Å². The molecule has 204 valence electrons. The van der Waals surface area contributed by atoms with E-state index in [4.69, 9.17) is 11.5 Å². The Bertz CT molecular complexity index is 1580. The van der Waals surface area contributed by atoms with E-state index in [0.717, 1.165) is 53.7 Å². The van der Waals surface area contributed by atoms with Crippen molar-refractivity contribution in [2.75, 3.05) is 31.1 Å². The van der Waals surface area contributed by atoms with Crippen LogP contribution in [0, 0.1) is 0 Å². The molecule has 2 aromatic carbocycles. The van der Waals surface area contributed by atoms with E-state index in [1.54, 1.807) is 12.1 Å². The second kappa shape index (κ2) is 11.4. The van der Waals surface area contributed by atoms with E-state index >= 15 is 0 Å². The summed E-state index contributed by atoms with van der Waals surface area (Å²) in [7, 11) is -3.33. The molecule has 39 heavy (non-hydrogen) atoms. The van der Waals surface area contributed by atoms with Crippen LogP contribution in [-0.2, 0) is 16.4 Å². The fourth-order valence-corrected chi connectivity index (χ4v) is 6.42. The zero-order valence-electron chi connectivity index (χ0n) is 21.7. The minimum Gasteiger partial charge on any atom is -0.370 e. The third-order valence-electron chi connectivity index (χ3n) is 6.91. The summed E-state index contributed by atoms with van der Waals surface area (Å²) in [6, 6.07) is 17.3. The molecule has 7 N–H and O–H groups in total. The van der Waals surface area contributed by atoms with Crippen LogP contribution in [-0.4, -0.2) is 50.8 Å². The largest absolute Gasteiger partial charge is 0.370 e. The maximum absolute atomic E-state index is 12.9. The van der Waals surface area contributed by atoms with Gasteiger partial charge in [0.1, 0.15) is 11.3 Å². The van der Waals surface area contributed by atoms with Crippen molar-refractivity contribution in [3.05, 3.63) is 83.3 Å². The molecule has 3 aromatic rings. The molecule has 10 nitrogen and oxygen atoms in total. The highest BCUT2D eigenvalue weighted by atomic mass is 32.2. The van der Waals surface area contributed by atoms with Crippen LogP contribution in [0.1, 0.15) is 18.4 Å². The highest BCUT2D eigenvalue weighted by Crippen LogP contribution is 2.25. The smallest absolute Gasteiger partial charge is 0.185 e. The van der Waals surface area contributed by atoms with Crippen molar-refractivity contribution >= 4 is 27.7 Å². The molecule has 5 rings (SSSR count). The van der Waals surface area contributed by atoms with Gasteiger partial charge in [0.15, 0.2) is 15.8 Å². The topological polar surface area (TPSA) is 154 Å². The van der Waals surface area contributed by atoms with Crippen molar-refractivity contribution < 1.29 is 8.42 Å². The maximum Gasteiger partial charge on any atom is 0.185 e. The standard InChI is InChI=1S/C28H34N8O2S/c1-19-34-27-22(18-36(19)23-7-3-20(4-8-23)16-31-12-2-13-33-28(29)30)15-26(35-27)21-5-9-24(10-6-21)39(37,38)25-11-14-32-17-25/h3-10,15,18,25,31-32H,1-2,11-14,16-17H2,(H,34,35)(H4,29,30,33)/t25-/m0/s1. The number of sulfone groups is 1. The SMILES string of the molecule is C=C1N=c2[nH]c(-c3ccc(S(=O)(=O)[C@H]4CCNC4)cc3)cc2=CN1c1ccc(CNCCCN=C(N)N)cc1. The van der Waals surface area contributed by atoms with Gasteiger partial charge in [0, 0.05) is 42.4 Å². The molecule has 2 aliphatic rings. The molecule has 0 unspecified atom stereocenters. The first kappa shape index (κ1) is 26.7. The minimum atomic E-state index is -3.33. The molecule has 1 aromatic heterocycles. The normalized spacial score (nSPS) is 16.9. The van der Waals surface area contributed by atoms with E-state index < -0.39 is 9.84 Å². The van der Waals surface area contributed by atoms with Crippen LogP contribution in [0.5, 0.6) is 0 Å². The fraction of sp³-hybridized carbons (Fsp3) is 0.286. The predicted octanol–water partition coefficient (Wildman–Crippen LogP) is 0.919. The van der Waals surface area contributed by atoms with E-state index in [9.17, 15) is 8.42 Å². The molecule has 0 amide bonds. The number of hydrogen-bond donors (Lipinski definition) is 5. The number of nitrogens with one attached hydrogen (secondary N) is 3. The van der Waals surface area contributed by atoms with Gasteiger partial charge >= 0.3 is 0 Å². The second-order valence-electron chi connectivity index (χ2n) is 9.70. The molecule has 11 heteroatoms. The Morgan fingerprint density at radius 3 is 2.62 bits per heavy atom. The molecule has 2 aliphatic heterocycles. The number of hydrogen-bond acceptors (Lipinski definition) is 7. The number of aliphatic imine (C=N–C) groups is 1. The number of rotatable bonds is 10. The quantitative estimate of drug-likeness (QED) is 0.144. The third-order valence-corrected chi connectivity index (χ3v) is 9.12. The zero-order chi connectivity index (χ0) is 27.4. The van der Waals surface area contributed by atoms with Gasteiger partial charge in [0.05, 0.1) is 10.1 Å². The Morgan fingerprint density at radius 2 is 1.92 bits per heavy atom. The van der Waals surface area contributed by atoms with Crippen molar-refractivity contribution in [2.45, 2.75) is 29.5 Å². The molecule has 3 heterocycles. The van der Waals surface area contributed by atoms with Gasteiger partial charge in [-0.05, 0) is 67.4 Å². The molecule has 1 saturated heterocycles. The lowest BCUT2D eigenvalue weighted by Crippen LogP contribution is -2.33. The van der Waals surface area contributed by atoms with Gasteiger partial charge in [0.25, 0.3) is 0 Å². The Hall–Kier alpha value is -3.93.